The summed E-state index contributed by atoms with van der Waals surface area (Å²) in [6, 6.07) is 16.9. The summed E-state index contributed by atoms with van der Waals surface area (Å²) in [5.74, 6) is -0.334. The van der Waals surface area contributed by atoms with E-state index in [0.29, 0.717) is 18.6 Å². The Kier molecular flexibility index (Phi) is 6.44. The van der Waals surface area contributed by atoms with Crippen LogP contribution in [0, 0.1) is 0 Å². The number of anilines is 1. The molecule has 6 heteroatoms. The van der Waals surface area contributed by atoms with Crippen LogP contribution in [0.1, 0.15) is 48.1 Å². The molecule has 3 N–H and O–H groups in total. The van der Waals surface area contributed by atoms with Crippen LogP contribution >= 0.6 is 0 Å². The summed E-state index contributed by atoms with van der Waals surface area (Å²) >= 11 is 0. The number of benzene rings is 2. The van der Waals surface area contributed by atoms with Crippen molar-refractivity contribution in [2.45, 2.75) is 38.5 Å². The van der Waals surface area contributed by atoms with Gasteiger partial charge in [0.25, 0.3) is 0 Å². The summed E-state index contributed by atoms with van der Waals surface area (Å²) in [5, 5.41) is 9.50. The molecule has 1 fully saturated rings. The minimum absolute atomic E-state index is 0.0174. The maximum absolute atomic E-state index is 12.1. The molecule has 3 rings (SSSR count). The standard InChI is InChI=1S/C21H25N3O3/c1-2-3-13-27-20(26)16-9-11-17(12-10-16)22-21-23-18(14-19(25)24-21)15-7-5-4-6-8-15/h4-12,18,21-23H,2-3,13-14H2,1H3,(H,24,25). The first-order chi connectivity index (χ1) is 13.2. The molecule has 1 amide bonds. The molecule has 2 unspecified atom stereocenters. The van der Waals surface area contributed by atoms with Gasteiger partial charge in [-0.15, -0.1) is 0 Å². The summed E-state index contributed by atoms with van der Waals surface area (Å²) in [7, 11) is 0. The first-order valence-electron chi connectivity index (χ1n) is 9.30. The van der Waals surface area contributed by atoms with Crippen LogP contribution in [0.3, 0.4) is 0 Å². The number of carbonyl (C=O) groups excluding carboxylic acids is 2. The lowest BCUT2D eigenvalue weighted by Crippen LogP contribution is -2.56. The lowest BCUT2D eigenvalue weighted by molar-refractivity contribution is -0.124. The fraction of sp³-hybridized carbons (Fsp3) is 0.333. The summed E-state index contributed by atoms with van der Waals surface area (Å²) in [6.45, 7) is 2.49. The third-order valence-corrected chi connectivity index (χ3v) is 4.43. The van der Waals surface area contributed by atoms with Gasteiger partial charge in [0.15, 0.2) is 6.29 Å². The Morgan fingerprint density at radius 3 is 2.59 bits per heavy atom. The molecule has 0 aliphatic carbocycles. The second-order valence-electron chi connectivity index (χ2n) is 6.55. The van der Waals surface area contributed by atoms with Crippen molar-refractivity contribution in [1.82, 2.24) is 10.6 Å². The smallest absolute Gasteiger partial charge is 0.338 e. The molecule has 2 atom stereocenters. The molecule has 0 bridgehead atoms. The molecule has 1 aliphatic heterocycles. The van der Waals surface area contributed by atoms with E-state index >= 15 is 0 Å². The first-order valence-corrected chi connectivity index (χ1v) is 9.30. The van der Waals surface area contributed by atoms with Crippen LogP contribution < -0.4 is 16.0 Å². The average molecular weight is 367 g/mol. The molecule has 27 heavy (non-hydrogen) atoms. The van der Waals surface area contributed by atoms with Gasteiger partial charge in [-0.3, -0.25) is 10.1 Å². The predicted octanol–water partition coefficient (Wildman–Crippen LogP) is 3.19. The SMILES string of the molecule is CCCCOC(=O)c1ccc(NC2NC(=O)CC(c3ccccc3)N2)cc1. The van der Waals surface area contributed by atoms with E-state index in [0.717, 1.165) is 24.1 Å². The molecule has 0 aromatic heterocycles. The van der Waals surface area contributed by atoms with E-state index in [4.69, 9.17) is 4.74 Å². The van der Waals surface area contributed by atoms with E-state index in [2.05, 4.69) is 22.9 Å². The van der Waals surface area contributed by atoms with Crippen LogP contribution in [0.2, 0.25) is 0 Å². The number of ether oxygens (including phenoxy) is 1. The molecule has 1 aliphatic rings. The molecule has 6 nitrogen and oxygen atoms in total. The van der Waals surface area contributed by atoms with Crippen LogP contribution in [0.25, 0.3) is 0 Å². The van der Waals surface area contributed by atoms with E-state index < -0.39 is 0 Å². The number of hydrogen-bond acceptors (Lipinski definition) is 5. The second kappa shape index (κ2) is 9.19. The lowest BCUT2D eigenvalue weighted by Gasteiger charge is -2.32. The van der Waals surface area contributed by atoms with Gasteiger partial charge in [-0.2, -0.15) is 0 Å². The Morgan fingerprint density at radius 1 is 1.15 bits per heavy atom. The van der Waals surface area contributed by atoms with Crippen molar-refractivity contribution >= 4 is 17.6 Å². The van der Waals surface area contributed by atoms with Crippen LogP contribution in [0.5, 0.6) is 0 Å². The van der Waals surface area contributed by atoms with Crippen molar-refractivity contribution in [2.24, 2.45) is 0 Å². The highest BCUT2D eigenvalue weighted by molar-refractivity contribution is 5.89. The van der Waals surface area contributed by atoms with Gasteiger partial charge in [0.05, 0.1) is 12.2 Å². The highest BCUT2D eigenvalue weighted by Crippen LogP contribution is 2.20. The van der Waals surface area contributed by atoms with Crippen molar-refractivity contribution in [1.29, 1.82) is 0 Å². The van der Waals surface area contributed by atoms with Gasteiger partial charge >= 0.3 is 5.97 Å². The van der Waals surface area contributed by atoms with Crippen molar-refractivity contribution in [3.63, 3.8) is 0 Å². The molecular weight excluding hydrogens is 342 g/mol. The number of amides is 1. The predicted molar refractivity (Wildman–Crippen MR) is 104 cm³/mol. The summed E-state index contributed by atoms with van der Waals surface area (Å²) in [5.41, 5.74) is 2.38. The molecular formula is C21H25N3O3. The highest BCUT2D eigenvalue weighted by Gasteiger charge is 2.26. The van der Waals surface area contributed by atoms with Gasteiger partial charge in [-0.1, -0.05) is 43.7 Å². The minimum Gasteiger partial charge on any atom is -0.462 e. The van der Waals surface area contributed by atoms with Gasteiger partial charge in [-0.05, 0) is 36.2 Å². The number of carbonyl (C=O) groups is 2. The highest BCUT2D eigenvalue weighted by atomic mass is 16.5. The van der Waals surface area contributed by atoms with E-state index in [1.807, 2.05) is 30.3 Å². The van der Waals surface area contributed by atoms with Gasteiger partial charge < -0.3 is 15.4 Å². The first kappa shape index (κ1) is 18.9. The van der Waals surface area contributed by atoms with Gasteiger partial charge in [0.1, 0.15) is 0 Å². The fourth-order valence-corrected chi connectivity index (χ4v) is 2.95. The molecule has 0 spiro atoms. The lowest BCUT2D eigenvalue weighted by atomic mass is 10.0. The van der Waals surface area contributed by atoms with Gasteiger partial charge in [-0.25, -0.2) is 4.79 Å². The quantitative estimate of drug-likeness (QED) is 0.517. The molecule has 142 valence electrons. The third-order valence-electron chi connectivity index (χ3n) is 4.43. The topological polar surface area (TPSA) is 79.5 Å². The average Bonchev–Trinajstić information content (AvgIpc) is 2.69. The molecule has 1 heterocycles. The molecule has 0 radical (unpaired) electrons. The Labute approximate surface area is 159 Å². The molecule has 2 aromatic carbocycles. The Bertz CT molecular complexity index is 762. The Hall–Kier alpha value is -2.86. The van der Waals surface area contributed by atoms with E-state index in [-0.39, 0.29) is 24.2 Å². The second-order valence-corrected chi connectivity index (χ2v) is 6.55. The van der Waals surface area contributed by atoms with E-state index in [1.165, 1.54) is 0 Å². The number of rotatable bonds is 7. The fourth-order valence-electron chi connectivity index (χ4n) is 2.95. The largest absolute Gasteiger partial charge is 0.462 e. The monoisotopic (exact) mass is 367 g/mol. The summed E-state index contributed by atoms with van der Waals surface area (Å²) in [6.07, 6.45) is 1.85. The third kappa shape index (κ3) is 5.31. The zero-order chi connectivity index (χ0) is 19.1. The maximum atomic E-state index is 12.1. The molecule has 1 saturated heterocycles. The normalized spacial score (nSPS) is 19.2. The van der Waals surface area contributed by atoms with Gasteiger partial charge in [0, 0.05) is 18.2 Å². The van der Waals surface area contributed by atoms with Crippen LogP contribution in [0.4, 0.5) is 5.69 Å². The molecule has 2 aromatic rings. The van der Waals surface area contributed by atoms with Crippen molar-refractivity contribution < 1.29 is 14.3 Å². The Balaban J connectivity index is 1.59. The zero-order valence-electron chi connectivity index (χ0n) is 15.4. The van der Waals surface area contributed by atoms with Crippen LogP contribution in [-0.4, -0.2) is 24.8 Å². The van der Waals surface area contributed by atoms with E-state index in [1.54, 1.807) is 24.3 Å². The number of nitrogens with one attached hydrogen (secondary N) is 3. The Morgan fingerprint density at radius 2 is 1.89 bits per heavy atom. The van der Waals surface area contributed by atoms with Crippen LogP contribution in [0.15, 0.2) is 54.6 Å². The summed E-state index contributed by atoms with van der Waals surface area (Å²) < 4.78 is 5.21. The maximum Gasteiger partial charge on any atom is 0.338 e. The number of unbranched alkanes of at least 4 members (excludes halogenated alkanes) is 1. The van der Waals surface area contributed by atoms with Crippen LogP contribution in [-0.2, 0) is 9.53 Å². The van der Waals surface area contributed by atoms with Crippen molar-refractivity contribution in [3.05, 3.63) is 65.7 Å². The zero-order valence-corrected chi connectivity index (χ0v) is 15.4. The number of hydrogen-bond donors (Lipinski definition) is 3. The summed E-state index contributed by atoms with van der Waals surface area (Å²) in [4.78, 5) is 24.0. The van der Waals surface area contributed by atoms with Gasteiger partial charge in [0.2, 0.25) is 5.91 Å². The van der Waals surface area contributed by atoms with Crippen molar-refractivity contribution in [2.75, 3.05) is 11.9 Å². The molecule has 0 saturated carbocycles. The van der Waals surface area contributed by atoms with Crippen molar-refractivity contribution in [3.8, 4) is 0 Å². The number of esters is 1. The minimum atomic E-state index is -0.390. The van der Waals surface area contributed by atoms with E-state index in [9.17, 15) is 9.59 Å².